The van der Waals surface area contributed by atoms with E-state index in [0.29, 0.717) is 0 Å². The zero-order chi connectivity index (χ0) is 13.8. The summed E-state index contributed by atoms with van der Waals surface area (Å²) in [6.07, 6.45) is 0. The van der Waals surface area contributed by atoms with E-state index in [1.165, 1.54) is 13.2 Å². The lowest BCUT2D eigenvalue weighted by Gasteiger charge is -2.08. The van der Waals surface area contributed by atoms with Gasteiger partial charge < -0.3 is 15.2 Å². The van der Waals surface area contributed by atoms with E-state index < -0.39 is 5.91 Å². The smallest absolute Gasteiger partial charge is 0.326 e. The molecule has 0 unspecified atom stereocenters. The maximum absolute atomic E-state index is 11.3. The molecule has 0 atom stereocenters. The second-order valence-electron chi connectivity index (χ2n) is 3.48. The molecule has 7 heteroatoms. The van der Waals surface area contributed by atoms with Gasteiger partial charge in [-0.2, -0.15) is 9.97 Å². The van der Waals surface area contributed by atoms with Gasteiger partial charge in [-0.1, -0.05) is 23.7 Å². The lowest BCUT2D eigenvalue weighted by Crippen LogP contribution is -2.12. The number of nitrogens with zero attached hydrogens (tertiary/aromatic N) is 2. The molecule has 98 valence electrons. The molecule has 1 aromatic heterocycles. The predicted molar refractivity (Wildman–Crippen MR) is 68.6 cm³/mol. The van der Waals surface area contributed by atoms with Gasteiger partial charge in [-0.15, -0.1) is 0 Å². The van der Waals surface area contributed by atoms with Crippen molar-refractivity contribution in [1.82, 2.24) is 9.97 Å². The van der Waals surface area contributed by atoms with E-state index >= 15 is 0 Å². The van der Waals surface area contributed by atoms with Crippen LogP contribution in [0.5, 0.6) is 17.6 Å². The van der Waals surface area contributed by atoms with Crippen molar-refractivity contribution < 1.29 is 14.3 Å². The number of carbonyl (C=O) groups excluding carboxylic acids is 1. The third-order valence-corrected chi connectivity index (χ3v) is 2.41. The fourth-order valence-corrected chi connectivity index (χ4v) is 1.55. The Balaban J connectivity index is 2.36. The van der Waals surface area contributed by atoms with Crippen molar-refractivity contribution in [3.63, 3.8) is 0 Å². The summed E-state index contributed by atoms with van der Waals surface area (Å²) in [5, 5.41) is 0.165. The molecule has 0 aliphatic carbocycles. The monoisotopic (exact) mass is 279 g/mol. The molecule has 0 spiro atoms. The Morgan fingerprint density at radius 3 is 2.74 bits per heavy atom. The topological polar surface area (TPSA) is 87.3 Å². The minimum atomic E-state index is -0.607. The van der Waals surface area contributed by atoms with Gasteiger partial charge in [-0.25, -0.2) is 0 Å². The molecule has 1 heterocycles. The highest BCUT2D eigenvalue weighted by molar-refractivity contribution is 6.29. The molecule has 1 amide bonds. The molecule has 6 nitrogen and oxygen atoms in total. The number of nitrogens with two attached hydrogens (primary N) is 1. The van der Waals surface area contributed by atoms with Crippen molar-refractivity contribution >= 4 is 17.5 Å². The minimum Gasteiger partial charge on any atom is -0.481 e. The van der Waals surface area contributed by atoms with Crippen molar-refractivity contribution in [3.8, 4) is 17.6 Å². The van der Waals surface area contributed by atoms with Crippen LogP contribution >= 0.6 is 11.6 Å². The number of halogens is 1. The predicted octanol–water partition coefficient (Wildman–Crippen LogP) is 2.03. The highest BCUT2D eigenvalue weighted by Gasteiger charge is 2.12. The van der Waals surface area contributed by atoms with Gasteiger partial charge in [-0.3, -0.25) is 4.79 Å². The second kappa shape index (κ2) is 5.53. The number of rotatable bonds is 4. The van der Waals surface area contributed by atoms with Crippen LogP contribution in [0.3, 0.4) is 0 Å². The summed E-state index contributed by atoms with van der Waals surface area (Å²) in [4.78, 5) is 19.1. The summed E-state index contributed by atoms with van der Waals surface area (Å²) in [5.74, 6) is -0.101. The van der Waals surface area contributed by atoms with Gasteiger partial charge in [0, 0.05) is 6.07 Å². The number of methoxy groups -OCH3 is 1. The molecule has 0 saturated carbocycles. The lowest BCUT2D eigenvalue weighted by atomic mass is 10.2. The average Bonchev–Trinajstić information content (AvgIpc) is 2.38. The fourth-order valence-electron chi connectivity index (χ4n) is 1.38. The number of primary amides is 1. The summed E-state index contributed by atoms with van der Waals surface area (Å²) in [5.41, 5.74) is 5.47. The highest BCUT2D eigenvalue weighted by Crippen LogP contribution is 2.25. The van der Waals surface area contributed by atoms with Gasteiger partial charge in [0.25, 0.3) is 5.91 Å². The van der Waals surface area contributed by atoms with Crippen molar-refractivity contribution in [2.75, 3.05) is 7.11 Å². The quantitative estimate of drug-likeness (QED) is 0.865. The number of carbonyl (C=O) groups is 1. The molecule has 0 fully saturated rings. The van der Waals surface area contributed by atoms with Crippen LogP contribution in [0.2, 0.25) is 5.15 Å². The summed E-state index contributed by atoms with van der Waals surface area (Å²) in [6.45, 7) is 0. The standard InChI is InChI=1S/C12H10ClN3O3/c1-18-10-6-9(13)15-12(16-10)19-8-5-3-2-4-7(8)11(14)17/h2-6H,1H3,(H2,14,17). The Morgan fingerprint density at radius 2 is 2.05 bits per heavy atom. The zero-order valence-corrected chi connectivity index (χ0v) is 10.7. The Bertz CT molecular complexity index is 619. The van der Waals surface area contributed by atoms with Crippen LogP contribution in [0.1, 0.15) is 10.4 Å². The molecular weight excluding hydrogens is 270 g/mol. The highest BCUT2D eigenvalue weighted by atomic mass is 35.5. The van der Waals surface area contributed by atoms with Crippen molar-refractivity contribution in [1.29, 1.82) is 0 Å². The van der Waals surface area contributed by atoms with Crippen LogP contribution in [0.15, 0.2) is 30.3 Å². The van der Waals surface area contributed by atoms with Gasteiger partial charge in [0.2, 0.25) is 5.88 Å². The first-order chi connectivity index (χ1) is 9.10. The third-order valence-electron chi connectivity index (χ3n) is 2.21. The van der Waals surface area contributed by atoms with E-state index in [0.717, 1.165) is 0 Å². The third kappa shape index (κ3) is 3.11. The molecule has 0 aliphatic rings. The van der Waals surface area contributed by atoms with Gasteiger partial charge in [0.15, 0.2) is 0 Å². The molecule has 19 heavy (non-hydrogen) atoms. The van der Waals surface area contributed by atoms with Crippen LogP contribution in [-0.4, -0.2) is 23.0 Å². The molecular formula is C12H10ClN3O3. The van der Waals surface area contributed by atoms with Gasteiger partial charge in [-0.05, 0) is 12.1 Å². The van der Waals surface area contributed by atoms with E-state index in [9.17, 15) is 4.79 Å². The van der Waals surface area contributed by atoms with Crippen molar-refractivity contribution in [2.45, 2.75) is 0 Å². The molecule has 0 saturated heterocycles. The number of ether oxygens (including phenoxy) is 2. The number of hydrogen-bond acceptors (Lipinski definition) is 5. The van der Waals surface area contributed by atoms with Crippen LogP contribution < -0.4 is 15.2 Å². The first-order valence-electron chi connectivity index (χ1n) is 5.25. The first-order valence-corrected chi connectivity index (χ1v) is 5.63. The number of hydrogen-bond donors (Lipinski definition) is 1. The molecule has 2 aromatic rings. The average molecular weight is 280 g/mol. The Kier molecular flexibility index (Phi) is 3.82. The normalized spacial score (nSPS) is 10.0. The molecule has 1 aromatic carbocycles. The summed E-state index contributed by atoms with van der Waals surface area (Å²) < 4.78 is 10.4. The summed E-state index contributed by atoms with van der Waals surface area (Å²) in [6, 6.07) is 7.90. The number of aromatic nitrogens is 2. The molecule has 0 aliphatic heterocycles. The van der Waals surface area contributed by atoms with Crippen LogP contribution in [0, 0.1) is 0 Å². The van der Waals surface area contributed by atoms with Crippen LogP contribution in [0.4, 0.5) is 0 Å². The van der Waals surface area contributed by atoms with E-state index in [1.54, 1.807) is 24.3 Å². The fraction of sp³-hybridized carbons (Fsp3) is 0.0833. The maximum atomic E-state index is 11.3. The van der Waals surface area contributed by atoms with E-state index in [2.05, 4.69) is 9.97 Å². The summed E-state index contributed by atoms with van der Waals surface area (Å²) >= 11 is 5.79. The zero-order valence-electron chi connectivity index (χ0n) is 9.96. The van der Waals surface area contributed by atoms with E-state index in [1.807, 2.05) is 0 Å². The second-order valence-corrected chi connectivity index (χ2v) is 3.87. The maximum Gasteiger partial charge on any atom is 0.326 e. The Hall–Kier alpha value is -2.34. The summed E-state index contributed by atoms with van der Waals surface area (Å²) in [7, 11) is 1.44. The SMILES string of the molecule is COc1cc(Cl)nc(Oc2ccccc2C(N)=O)n1. The van der Waals surface area contributed by atoms with Crippen LogP contribution in [0.25, 0.3) is 0 Å². The first kappa shape index (κ1) is 13.1. The van der Waals surface area contributed by atoms with Crippen molar-refractivity contribution in [2.24, 2.45) is 5.73 Å². The van der Waals surface area contributed by atoms with E-state index in [-0.39, 0.29) is 28.4 Å². The van der Waals surface area contributed by atoms with E-state index in [4.69, 9.17) is 26.8 Å². The number of para-hydroxylation sites is 1. The van der Waals surface area contributed by atoms with Gasteiger partial charge >= 0.3 is 6.01 Å². The van der Waals surface area contributed by atoms with Gasteiger partial charge in [0.05, 0.1) is 12.7 Å². The number of benzene rings is 1. The molecule has 2 rings (SSSR count). The largest absolute Gasteiger partial charge is 0.481 e. The molecule has 0 radical (unpaired) electrons. The van der Waals surface area contributed by atoms with Gasteiger partial charge in [0.1, 0.15) is 10.9 Å². The Labute approximate surface area is 114 Å². The minimum absolute atomic E-state index is 0.0296. The lowest BCUT2D eigenvalue weighted by molar-refractivity contribution is 0.0998. The molecule has 2 N–H and O–H groups in total. The van der Waals surface area contributed by atoms with Crippen molar-refractivity contribution in [3.05, 3.63) is 41.0 Å². The molecule has 0 bridgehead atoms. The number of amides is 1. The Morgan fingerprint density at radius 1 is 1.32 bits per heavy atom. The van der Waals surface area contributed by atoms with Crippen LogP contribution in [-0.2, 0) is 0 Å².